The lowest BCUT2D eigenvalue weighted by atomic mass is 10.0. The summed E-state index contributed by atoms with van der Waals surface area (Å²) >= 11 is 0. The second kappa shape index (κ2) is 8.15. The molecule has 0 aliphatic carbocycles. The number of para-hydroxylation sites is 1. The summed E-state index contributed by atoms with van der Waals surface area (Å²) in [6.07, 6.45) is 0. The lowest BCUT2D eigenvalue weighted by Crippen LogP contribution is -2.35. The fourth-order valence-corrected chi connectivity index (χ4v) is 2.34. The van der Waals surface area contributed by atoms with Crippen LogP contribution in [0.15, 0.2) is 48.5 Å². The first-order valence-electron chi connectivity index (χ1n) is 8.00. The minimum Gasteiger partial charge on any atom is -0.494 e. The van der Waals surface area contributed by atoms with Crippen LogP contribution in [-0.2, 0) is 0 Å². The third kappa shape index (κ3) is 4.59. The van der Waals surface area contributed by atoms with Crippen LogP contribution in [-0.4, -0.2) is 18.5 Å². The quantitative estimate of drug-likeness (QED) is 0.575. The van der Waals surface area contributed by atoms with Crippen LogP contribution in [0.2, 0.25) is 0 Å². The van der Waals surface area contributed by atoms with Gasteiger partial charge in [-0.05, 0) is 48.7 Å². The number of carbonyl (C=O) groups is 1. The monoisotopic (exact) mass is 325 g/mol. The van der Waals surface area contributed by atoms with Crippen LogP contribution in [0.4, 0.5) is 5.69 Å². The van der Waals surface area contributed by atoms with Crippen molar-refractivity contribution >= 4 is 17.6 Å². The fourth-order valence-electron chi connectivity index (χ4n) is 2.34. The Morgan fingerprint density at radius 3 is 2.42 bits per heavy atom. The molecule has 0 bridgehead atoms. The Morgan fingerprint density at radius 1 is 1.12 bits per heavy atom. The molecule has 126 valence electrons. The predicted molar refractivity (Wildman–Crippen MR) is 97.0 cm³/mol. The van der Waals surface area contributed by atoms with Gasteiger partial charge in [-0.25, -0.2) is 0 Å². The molecule has 0 aromatic heterocycles. The smallest absolute Gasteiger partial charge is 0.257 e. The van der Waals surface area contributed by atoms with E-state index in [1.807, 2.05) is 31.2 Å². The second-order valence-corrected chi connectivity index (χ2v) is 5.65. The zero-order chi connectivity index (χ0) is 17.5. The number of benzene rings is 2. The standard InChI is InChI=1S/C19H23N3O2/c1-4-24-15-11-9-14(10-12-15)18(23)22-19(20)21-17-8-6-5-7-16(17)13(2)3/h5-13H,4H2,1-3H3,(H3,20,21,22,23). The van der Waals surface area contributed by atoms with Crippen molar-refractivity contribution in [2.75, 3.05) is 11.9 Å². The van der Waals surface area contributed by atoms with Crippen molar-refractivity contribution in [3.63, 3.8) is 0 Å². The van der Waals surface area contributed by atoms with Gasteiger partial charge in [0.15, 0.2) is 5.96 Å². The normalized spacial score (nSPS) is 10.3. The van der Waals surface area contributed by atoms with Crippen molar-refractivity contribution in [2.24, 2.45) is 0 Å². The summed E-state index contributed by atoms with van der Waals surface area (Å²) < 4.78 is 5.35. The van der Waals surface area contributed by atoms with Crippen LogP contribution in [0.5, 0.6) is 5.75 Å². The Morgan fingerprint density at radius 2 is 1.79 bits per heavy atom. The van der Waals surface area contributed by atoms with Crippen LogP contribution < -0.4 is 15.4 Å². The Balaban J connectivity index is 2.00. The Hall–Kier alpha value is -2.82. The first-order chi connectivity index (χ1) is 11.5. The maximum Gasteiger partial charge on any atom is 0.257 e. The molecule has 0 atom stereocenters. The highest BCUT2D eigenvalue weighted by Crippen LogP contribution is 2.23. The van der Waals surface area contributed by atoms with E-state index < -0.39 is 0 Å². The molecule has 0 saturated carbocycles. The Bertz CT molecular complexity index is 709. The summed E-state index contributed by atoms with van der Waals surface area (Å²) in [6, 6.07) is 14.6. The molecule has 0 aliphatic rings. The number of hydrogen-bond donors (Lipinski definition) is 3. The molecule has 0 saturated heterocycles. The zero-order valence-corrected chi connectivity index (χ0v) is 14.2. The first-order valence-corrected chi connectivity index (χ1v) is 8.00. The van der Waals surface area contributed by atoms with Crippen molar-refractivity contribution in [3.05, 3.63) is 59.7 Å². The molecule has 2 aromatic carbocycles. The van der Waals surface area contributed by atoms with Gasteiger partial charge in [-0.15, -0.1) is 0 Å². The third-order valence-corrected chi connectivity index (χ3v) is 3.51. The number of amides is 1. The maximum atomic E-state index is 12.2. The lowest BCUT2D eigenvalue weighted by molar-refractivity contribution is 0.0977. The van der Waals surface area contributed by atoms with Crippen molar-refractivity contribution in [1.82, 2.24) is 5.32 Å². The highest BCUT2D eigenvalue weighted by Gasteiger charge is 2.11. The molecule has 24 heavy (non-hydrogen) atoms. The van der Waals surface area contributed by atoms with E-state index in [-0.39, 0.29) is 11.9 Å². The fraction of sp³-hybridized carbons (Fsp3) is 0.263. The van der Waals surface area contributed by atoms with Gasteiger partial charge < -0.3 is 10.1 Å². The number of ether oxygens (including phenoxy) is 1. The highest BCUT2D eigenvalue weighted by atomic mass is 16.5. The molecule has 1 amide bonds. The van der Waals surface area contributed by atoms with Crippen LogP contribution in [0.25, 0.3) is 0 Å². The molecule has 0 unspecified atom stereocenters. The van der Waals surface area contributed by atoms with Crippen molar-refractivity contribution in [2.45, 2.75) is 26.7 Å². The topological polar surface area (TPSA) is 74.2 Å². The molecule has 0 aliphatic heterocycles. The minimum absolute atomic E-state index is 0.0537. The van der Waals surface area contributed by atoms with Crippen molar-refractivity contribution < 1.29 is 9.53 Å². The van der Waals surface area contributed by atoms with Gasteiger partial charge in [0.25, 0.3) is 5.91 Å². The van der Waals surface area contributed by atoms with Gasteiger partial charge in [0.2, 0.25) is 0 Å². The average Bonchev–Trinajstić information content (AvgIpc) is 2.56. The Kier molecular flexibility index (Phi) is 5.95. The second-order valence-electron chi connectivity index (χ2n) is 5.65. The number of anilines is 1. The van der Waals surface area contributed by atoms with Gasteiger partial charge in [0, 0.05) is 11.3 Å². The van der Waals surface area contributed by atoms with E-state index in [9.17, 15) is 4.79 Å². The van der Waals surface area contributed by atoms with Crippen molar-refractivity contribution in [3.8, 4) is 5.75 Å². The van der Waals surface area contributed by atoms with Crippen LogP contribution in [0.3, 0.4) is 0 Å². The predicted octanol–water partition coefficient (Wildman–Crippen LogP) is 3.99. The molecule has 0 spiro atoms. The maximum absolute atomic E-state index is 12.2. The van der Waals surface area contributed by atoms with Gasteiger partial charge in [0.05, 0.1) is 6.61 Å². The molecular weight excluding hydrogens is 302 g/mol. The van der Waals surface area contributed by atoms with Gasteiger partial charge in [-0.2, -0.15) is 0 Å². The van der Waals surface area contributed by atoms with Gasteiger partial charge in [0.1, 0.15) is 5.75 Å². The molecule has 3 N–H and O–H groups in total. The van der Waals surface area contributed by atoms with Crippen LogP contribution in [0, 0.1) is 5.41 Å². The molecule has 0 heterocycles. The molecule has 2 rings (SSSR count). The van der Waals surface area contributed by atoms with E-state index in [1.54, 1.807) is 24.3 Å². The number of nitrogens with one attached hydrogen (secondary N) is 3. The van der Waals surface area contributed by atoms with E-state index in [2.05, 4.69) is 24.5 Å². The van der Waals surface area contributed by atoms with Crippen molar-refractivity contribution in [1.29, 1.82) is 5.41 Å². The molecule has 0 radical (unpaired) electrons. The average molecular weight is 325 g/mol. The van der Waals surface area contributed by atoms with Gasteiger partial charge in [-0.1, -0.05) is 32.0 Å². The largest absolute Gasteiger partial charge is 0.494 e. The number of guanidine groups is 1. The van der Waals surface area contributed by atoms with Gasteiger partial charge >= 0.3 is 0 Å². The number of rotatable bonds is 5. The SMILES string of the molecule is CCOc1ccc(C(=O)NC(=N)Nc2ccccc2C(C)C)cc1. The summed E-state index contributed by atoms with van der Waals surface area (Å²) in [7, 11) is 0. The van der Waals surface area contributed by atoms with Crippen LogP contribution in [0.1, 0.15) is 42.6 Å². The van der Waals surface area contributed by atoms with E-state index in [0.717, 1.165) is 11.3 Å². The molecular formula is C19H23N3O2. The number of carbonyl (C=O) groups excluding carboxylic acids is 1. The summed E-state index contributed by atoms with van der Waals surface area (Å²) in [5, 5.41) is 13.5. The molecule has 0 fully saturated rings. The molecule has 5 heteroatoms. The summed E-state index contributed by atoms with van der Waals surface area (Å²) in [6.45, 7) is 6.66. The number of hydrogen-bond acceptors (Lipinski definition) is 3. The van der Waals surface area contributed by atoms with E-state index in [0.29, 0.717) is 23.8 Å². The first kappa shape index (κ1) is 17.5. The summed E-state index contributed by atoms with van der Waals surface area (Å²) in [5.41, 5.74) is 2.39. The minimum atomic E-state index is -0.336. The zero-order valence-electron chi connectivity index (χ0n) is 14.2. The third-order valence-electron chi connectivity index (χ3n) is 3.51. The van der Waals surface area contributed by atoms with Gasteiger partial charge in [-0.3, -0.25) is 15.5 Å². The van der Waals surface area contributed by atoms with E-state index in [1.165, 1.54) is 0 Å². The summed E-state index contributed by atoms with van der Waals surface area (Å²) in [5.74, 6) is 0.649. The molecule has 2 aromatic rings. The van der Waals surface area contributed by atoms with Crippen LogP contribution >= 0.6 is 0 Å². The lowest BCUT2D eigenvalue weighted by Gasteiger charge is -2.15. The Labute approximate surface area is 142 Å². The summed E-state index contributed by atoms with van der Waals surface area (Å²) in [4.78, 5) is 12.2. The van der Waals surface area contributed by atoms with E-state index >= 15 is 0 Å². The van der Waals surface area contributed by atoms with E-state index in [4.69, 9.17) is 10.1 Å². The highest BCUT2D eigenvalue weighted by molar-refractivity contribution is 6.09. The molecule has 5 nitrogen and oxygen atoms in total.